The van der Waals surface area contributed by atoms with Gasteiger partial charge in [-0.3, -0.25) is 0 Å². The molecule has 3 aromatic carbocycles. The Bertz CT molecular complexity index is 993. The van der Waals surface area contributed by atoms with E-state index in [0.29, 0.717) is 41.8 Å². The van der Waals surface area contributed by atoms with Gasteiger partial charge < -0.3 is 9.16 Å². The van der Waals surface area contributed by atoms with E-state index in [1.54, 1.807) is 6.07 Å². The van der Waals surface area contributed by atoms with E-state index in [2.05, 4.69) is 41.5 Å². The zero-order valence-electron chi connectivity index (χ0n) is 20.3. The molecule has 0 saturated carbocycles. The van der Waals surface area contributed by atoms with Gasteiger partial charge in [0.2, 0.25) is 0 Å². The van der Waals surface area contributed by atoms with Crippen LogP contribution in [0, 0.1) is 5.82 Å². The van der Waals surface area contributed by atoms with Gasteiger partial charge in [-0.1, -0.05) is 90.1 Å². The fraction of sp³-hybridized carbons (Fsp3) is 0.429. The molecule has 3 aromatic rings. The lowest BCUT2D eigenvalue weighted by Gasteiger charge is -2.42. The Morgan fingerprint density at radius 2 is 1.44 bits per heavy atom. The molecule has 172 valence electrons. The van der Waals surface area contributed by atoms with Crippen LogP contribution in [0.4, 0.5) is 4.39 Å². The fourth-order valence-electron chi connectivity index (χ4n) is 5.32. The molecule has 0 heterocycles. The average molecular weight is 453 g/mol. The van der Waals surface area contributed by atoms with Crippen molar-refractivity contribution in [3.05, 3.63) is 77.6 Å². The summed E-state index contributed by atoms with van der Waals surface area (Å²) >= 11 is 0. The van der Waals surface area contributed by atoms with Crippen LogP contribution in [0.3, 0.4) is 0 Å². The molecule has 3 rings (SSSR count). The number of fused-ring (bicyclic) bond motifs is 1. The van der Waals surface area contributed by atoms with Crippen molar-refractivity contribution in [1.82, 2.24) is 0 Å². The summed E-state index contributed by atoms with van der Waals surface area (Å²) in [5.74, 6) is 0.531. The minimum absolute atomic E-state index is 0.192. The maximum Gasteiger partial charge on any atom is 0.200 e. The molecule has 0 N–H and O–H groups in total. The lowest BCUT2D eigenvalue weighted by molar-refractivity contribution is 0.280. The Balaban J connectivity index is 1.88. The molecule has 0 fully saturated rings. The first-order chi connectivity index (χ1) is 15.3. The van der Waals surface area contributed by atoms with Crippen LogP contribution in [0.15, 0.2) is 60.7 Å². The van der Waals surface area contributed by atoms with Crippen molar-refractivity contribution in [3.63, 3.8) is 0 Å². The van der Waals surface area contributed by atoms with E-state index < -0.39 is 8.32 Å². The zero-order chi connectivity index (χ0) is 23.3. The van der Waals surface area contributed by atoms with Gasteiger partial charge in [0.15, 0.2) is 8.32 Å². The molecule has 0 saturated heterocycles. The predicted molar refractivity (Wildman–Crippen MR) is 135 cm³/mol. The Morgan fingerprint density at radius 1 is 0.781 bits per heavy atom. The molecule has 4 heteroatoms. The zero-order valence-corrected chi connectivity index (χ0v) is 21.3. The van der Waals surface area contributed by atoms with Crippen molar-refractivity contribution in [3.8, 4) is 5.75 Å². The maximum atomic E-state index is 15.1. The van der Waals surface area contributed by atoms with E-state index >= 15 is 4.39 Å². The van der Waals surface area contributed by atoms with E-state index in [4.69, 9.17) is 9.16 Å². The van der Waals surface area contributed by atoms with Crippen molar-refractivity contribution < 1.29 is 13.6 Å². The highest BCUT2D eigenvalue weighted by Gasteiger charge is 2.44. The van der Waals surface area contributed by atoms with Crippen LogP contribution in [0.2, 0.25) is 16.6 Å². The second kappa shape index (κ2) is 10.6. The molecule has 0 spiro atoms. The molecular formula is C28H37FO2Si. The van der Waals surface area contributed by atoms with E-state index in [9.17, 15) is 0 Å². The average Bonchev–Trinajstić information content (AvgIpc) is 2.76. The van der Waals surface area contributed by atoms with E-state index in [1.807, 2.05) is 54.6 Å². The summed E-state index contributed by atoms with van der Waals surface area (Å²) in [7, 11) is -1.99. The molecule has 0 aliphatic rings. The highest BCUT2D eigenvalue weighted by molar-refractivity contribution is 6.77. The molecule has 0 aromatic heterocycles. The number of benzene rings is 3. The van der Waals surface area contributed by atoms with Gasteiger partial charge in [-0.05, 0) is 46.1 Å². The van der Waals surface area contributed by atoms with Crippen molar-refractivity contribution in [2.75, 3.05) is 6.61 Å². The van der Waals surface area contributed by atoms with E-state index in [-0.39, 0.29) is 5.82 Å². The number of hydrogen-bond acceptors (Lipinski definition) is 2. The molecule has 0 unspecified atom stereocenters. The summed E-state index contributed by atoms with van der Waals surface area (Å²) in [6.07, 6.45) is 0.537. The molecule has 0 radical (unpaired) electrons. The Labute approximate surface area is 193 Å². The number of halogens is 1. The van der Waals surface area contributed by atoms with Crippen LogP contribution in [-0.2, 0) is 17.5 Å². The minimum Gasteiger partial charge on any atom is -0.488 e. The van der Waals surface area contributed by atoms with Crippen LogP contribution in [0.25, 0.3) is 10.8 Å². The maximum absolute atomic E-state index is 15.1. The normalized spacial score (nSPS) is 12.3. The lowest BCUT2D eigenvalue weighted by atomic mass is 10.0. The Kier molecular flexibility index (Phi) is 8.13. The summed E-state index contributed by atoms with van der Waals surface area (Å²) in [4.78, 5) is 0. The van der Waals surface area contributed by atoms with Crippen molar-refractivity contribution >= 4 is 19.1 Å². The van der Waals surface area contributed by atoms with E-state index in [1.165, 1.54) is 0 Å². The number of hydrogen-bond donors (Lipinski definition) is 0. The molecule has 0 aliphatic heterocycles. The summed E-state index contributed by atoms with van der Waals surface area (Å²) in [6, 6.07) is 19.4. The molecule has 0 aliphatic carbocycles. The third-order valence-corrected chi connectivity index (χ3v) is 12.8. The lowest BCUT2D eigenvalue weighted by Crippen LogP contribution is -2.48. The topological polar surface area (TPSA) is 18.5 Å². The third kappa shape index (κ3) is 5.07. The number of rotatable bonds is 10. The van der Waals surface area contributed by atoms with Gasteiger partial charge >= 0.3 is 0 Å². The molecular weight excluding hydrogens is 415 g/mol. The smallest absolute Gasteiger partial charge is 0.200 e. The predicted octanol–water partition coefficient (Wildman–Crippen LogP) is 8.29. The van der Waals surface area contributed by atoms with Gasteiger partial charge in [-0.25, -0.2) is 4.39 Å². The molecule has 2 nitrogen and oxygen atoms in total. The minimum atomic E-state index is -1.99. The summed E-state index contributed by atoms with van der Waals surface area (Å²) < 4.78 is 27.9. The van der Waals surface area contributed by atoms with Crippen LogP contribution in [0.1, 0.15) is 52.7 Å². The summed E-state index contributed by atoms with van der Waals surface area (Å²) in [5, 5.41) is 1.85. The van der Waals surface area contributed by atoms with Crippen molar-refractivity contribution in [2.45, 2.75) is 71.2 Å². The molecule has 0 amide bonds. The Morgan fingerprint density at radius 3 is 2.06 bits per heavy atom. The van der Waals surface area contributed by atoms with E-state index in [0.717, 1.165) is 22.1 Å². The Hall–Kier alpha value is -2.17. The monoisotopic (exact) mass is 452 g/mol. The summed E-state index contributed by atoms with van der Waals surface area (Å²) in [6.45, 7) is 14.7. The summed E-state index contributed by atoms with van der Waals surface area (Å²) in [5.41, 5.74) is 3.29. The first-order valence-corrected chi connectivity index (χ1v) is 13.9. The highest BCUT2D eigenvalue weighted by Crippen LogP contribution is 2.42. The second-order valence-corrected chi connectivity index (χ2v) is 15.0. The molecule has 32 heavy (non-hydrogen) atoms. The van der Waals surface area contributed by atoms with Gasteiger partial charge in [0, 0.05) is 17.6 Å². The first-order valence-electron chi connectivity index (χ1n) is 11.8. The number of ether oxygens (including phenoxy) is 1. The molecule has 0 atom stereocenters. The largest absolute Gasteiger partial charge is 0.488 e. The highest BCUT2D eigenvalue weighted by atomic mass is 28.4. The SMILES string of the molecule is CC(C)[Si](OCCc1c(F)ccc2cccc(OCc3ccccc3)c12)(C(C)C)C(C)C. The van der Waals surface area contributed by atoms with Crippen molar-refractivity contribution in [2.24, 2.45) is 0 Å². The second-order valence-electron chi connectivity index (χ2n) is 9.57. The van der Waals surface area contributed by atoms with Gasteiger partial charge in [-0.2, -0.15) is 0 Å². The fourth-order valence-corrected chi connectivity index (χ4v) is 10.8. The van der Waals surface area contributed by atoms with Crippen molar-refractivity contribution in [1.29, 1.82) is 0 Å². The van der Waals surface area contributed by atoms with Gasteiger partial charge in [0.1, 0.15) is 18.2 Å². The standard InChI is InChI=1S/C28H37FO2Si/c1-20(2)32(21(3)4,22(5)6)31-18-17-25-26(29)16-15-24-13-10-14-27(28(24)25)30-19-23-11-8-7-9-12-23/h7-16,20-22H,17-19H2,1-6H3. The molecule has 0 bridgehead atoms. The van der Waals surface area contributed by atoms with Gasteiger partial charge in [-0.15, -0.1) is 0 Å². The quantitative estimate of drug-likeness (QED) is 0.288. The van der Waals surface area contributed by atoms with Crippen LogP contribution >= 0.6 is 0 Å². The van der Waals surface area contributed by atoms with Crippen LogP contribution in [-0.4, -0.2) is 14.9 Å². The third-order valence-electron chi connectivity index (χ3n) is 6.71. The van der Waals surface area contributed by atoms with Gasteiger partial charge in [0.05, 0.1) is 0 Å². The van der Waals surface area contributed by atoms with Crippen LogP contribution in [0.5, 0.6) is 5.75 Å². The first kappa shape index (κ1) is 24.5. The van der Waals surface area contributed by atoms with Gasteiger partial charge in [0.25, 0.3) is 0 Å². The van der Waals surface area contributed by atoms with Crippen LogP contribution < -0.4 is 4.74 Å².